The highest BCUT2D eigenvalue weighted by Crippen LogP contribution is 2.50. The van der Waals surface area contributed by atoms with E-state index in [9.17, 15) is 4.79 Å². The van der Waals surface area contributed by atoms with Crippen LogP contribution in [0.25, 0.3) is 6.08 Å². The molecule has 0 fully saturated rings. The number of amides is 1. The lowest BCUT2D eigenvalue weighted by molar-refractivity contribution is 0.100. The zero-order valence-corrected chi connectivity index (χ0v) is 15.7. The Morgan fingerprint density at radius 1 is 0.857 bits per heavy atom. The second kappa shape index (κ2) is 6.49. The van der Waals surface area contributed by atoms with Gasteiger partial charge in [-0.3, -0.25) is 4.79 Å². The Balaban J connectivity index is 1.53. The molecule has 3 aromatic rings. The summed E-state index contributed by atoms with van der Waals surface area (Å²) in [4.78, 5) is 11.4. The van der Waals surface area contributed by atoms with Gasteiger partial charge < -0.3 is 5.73 Å². The van der Waals surface area contributed by atoms with Crippen molar-refractivity contribution in [3.63, 3.8) is 0 Å². The summed E-state index contributed by atoms with van der Waals surface area (Å²) in [7, 11) is 0. The van der Waals surface area contributed by atoms with Gasteiger partial charge in [-0.15, -0.1) is 0 Å². The van der Waals surface area contributed by atoms with Crippen LogP contribution in [0.15, 0.2) is 78.4 Å². The first-order valence-electron chi connectivity index (χ1n) is 9.74. The van der Waals surface area contributed by atoms with E-state index in [1.807, 2.05) is 24.3 Å². The summed E-state index contributed by atoms with van der Waals surface area (Å²) >= 11 is 0. The predicted octanol–water partition coefficient (Wildman–Crippen LogP) is 4.76. The molecule has 2 heteroatoms. The van der Waals surface area contributed by atoms with E-state index in [1.165, 1.54) is 33.4 Å². The molecule has 1 atom stereocenters. The van der Waals surface area contributed by atoms with Crippen molar-refractivity contribution < 1.29 is 4.79 Å². The van der Waals surface area contributed by atoms with Crippen molar-refractivity contribution >= 4 is 12.0 Å². The fraction of sp³-hybridized carbons (Fsp3) is 0.154. The first-order chi connectivity index (χ1) is 13.6. The molecule has 2 nitrogen and oxygen atoms in total. The summed E-state index contributed by atoms with van der Waals surface area (Å²) in [5, 5.41) is 0. The van der Waals surface area contributed by atoms with E-state index in [4.69, 9.17) is 5.73 Å². The molecular weight excluding hydrogens is 342 g/mol. The smallest absolute Gasteiger partial charge is 0.248 e. The first kappa shape index (κ1) is 17.0. The van der Waals surface area contributed by atoms with Crippen LogP contribution >= 0.6 is 0 Å². The van der Waals surface area contributed by atoms with E-state index in [2.05, 4.69) is 61.0 Å². The standard InChI is InChI=1S/C26H22NO/c27-25(28)19-11-9-18(10-12-19)15-26(16-22-7-3-4-8-23(22)17-26)24-13-20-5-1-2-6-21(20)14-24/h1-13,16H,14-15,17H2,(H2,27,28)/t26-/m1/s1. The Morgan fingerprint density at radius 3 is 2.21 bits per heavy atom. The molecule has 0 saturated heterocycles. The van der Waals surface area contributed by atoms with Gasteiger partial charge in [0.2, 0.25) is 5.91 Å². The number of benzene rings is 3. The zero-order chi connectivity index (χ0) is 19.1. The summed E-state index contributed by atoms with van der Waals surface area (Å²) in [6.45, 7) is 0. The second-order valence-electron chi connectivity index (χ2n) is 7.96. The van der Waals surface area contributed by atoms with Crippen molar-refractivity contribution in [2.75, 3.05) is 0 Å². The van der Waals surface area contributed by atoms with Crippen molar-refractivity contribution in [1.29, 1.82) is 0 Å². The van der Waals surface area contributed by atoms with Gasteiger partial charge in [0.05, 0.1) is 0 Å². The van der Waals surface area contributed by atoms with Crippen molar-refractivity contribution in [1.82, 2.24) is 0 Å². The topological polar surface area (TPSA) is 43.1 Å². The summed E-state index contributed by atoms with van der Waals surface area (Å²) in [5.41, 5.74) is 14.1. The van der Waals surface area contributed by atoms with Gasteiger partial charge in [-0.1, -0.05) is 72.3 Å². The van der Waals surface area contributed by atoms with E-state index in [1.54, 1.807) is 0 Å². The lowest BCUT2D eigenvalue weighted by atomic mass is 9.72. The van der Waals surface area contributed by atoms with Crippen molar-refractivity contribution in [2.45, 2.75) is 19.3 Å². The first-order valence-corrected chi connectivity index (χ1v) is 9.74. The van der Waals surface area contributed by atoms with Crippen molar-refractivity contribution in [2.24, 2.45) is 11.1 Å². The Bertz CT molecular complexity index is 1070. The Labute approximate surface area is 165 Å². The Hall–Kier alpha value is -3.13. The van der Waals surface area contributed by atoms with Crippen LogP contribution in [0.4, 0.5) is 0 Å². The minimum absolute atomic E-state index is 0.0308. The Morgan fingerprint density at radius 2 is 1.54 bits per heavy atom. The van der Waals surface area contributed by atoms with Gasteiger partial charge in [0.1, 0.15) is 0 Å². The highest BCUT2D eigenvalue weighted by molar-refractivity contribution is 5.92. The third kappa shape index (κ3) is 2.86. The van der Waals surface area contributed by atoms with Crippen LogP contribution in [0.3, 0.4) is 0 Å². The van der Waals surface area contributed by atoms with E-state index in [0.29, 0.717) is 5.56 Å². The second-order valence-corrected chi connectivity index (χ2v) is 7.96. The highest BCUT2D eigenvalue weighted by Gasteiger charge is 2.41. The third-order valence-electron chi connectivity index (χ3n) is 6.16. The molecular formula is C26H22NO. The maximum atomic E-state index is 11.4. The highest BCUT2D eigenvalue weighted by atomic mass is 16.1. The molecule has 0 saturated carbocycles. The average molecular weight is 364 g/mol. The van der Waals surface area contributed by atoms with E-state index in [-0.39, 0.29) is 11.3 Å². The summed E-state index contributed by atoms with van der Waals surface area (Å²) < 4.78 is 0. The predicted molar refractivity (Wildman–Crippen MR) is 113 cm³/mol. The van der Waals surface area contributed by atoms with Crippen LogP contribution in [0.1, 0.15) is 38.2 Å². The maximum absolute atomic E-state index is 11.4. The molecule has 0 unspecified atom stereocenters. The summed E-state index contributed by atoms with van der Waals surface area (Å²) in [6, 6.07) is 25.1. The van der Waals surface area contributed by atoms with Gasteiger partial charge in [0, 0.05) is 17.4 Å². The summed E-state index contributed by atoms with van der Waals surface area (Å²) in [5.74, 6) is -0.380. The normalized spacial score (nSPS) is 16.4. The lowest BCUT2D eigenvalue weighted by Crippen LogP contribution is -2.26. The van der Waals surface area contributed by atoms with Crippen molar-refractivity contribution in [3.05, 3.63) is 118 Å². The number of fused-ring (bicyclic) bond motifs is 2. The largest absolute Gasteiger partial charge is 0.366 e. The molecule has 3 aromatic carbocycles. The molecule has 0 spiro atoms. The van der Waals surface area contributed by atoms with Crippen LogP contribution in [-0.4, -0.2) is 5.91 Å². The van der Waals surface area contributed by atoms with Crippen LogP contribution < -0.4 is 5.73 Å². The molecule has 2 N–H and O–H groups in total. The van der Waals surface area contributed by atoms with E-state index < -0.39 is 0 Å². The molecule has 137 valence electrons. The SMILES string of the molecule is NC(=O)c1ccc(C[C@@]2(C3=Cc4ccccc4C3)[CH]c3ccccc3C2)cc1. The zero-order valence-electron chi connectivity index (χ0n) is 15.7. The molecule has 2 aliphatic carbocycles. The van der Waals surface area contributed by atoms with Gasteiger partial charge in [-0.05, 0) is 59.2 Å². The van der Waals surface area contributed by atoms with Crippen LogP contribution in [0.2, 0.25) is 0 Å². The number of carbonyl (C=O) groups excluding carboxylic acids is 1. The average Bonchev–Trinajstić information content (AvgIpc) is 3.30. The fourth-order valence-electron chi connectivity index (χ4n) is 4.71. The molecule has 0 heterocycles. The van der Waals surface area contributed by atoms with Gasteiger partial charge >= 0.3 is 0 Å². The molecule has 0 aromatic heterocycles. The number of hydrogen-bond acceptors (Lipinski definition) is 1. The van der Waals surface area contributed by atoms with Crippen molar-refractivity contribution in [3.8, 4) is 0 Å². The maximum Gasteiger partial charge on any atom is 0.248 e. The molecule has 1 radical (unpaired) electrons. The van der Waals surface area contributed by atoms with Crippen LogP contribution in [0, 0.1) is 11.8 Å². The number of rotatable bonds is 4. The lowest BCUT2D eigenvalue weighted by Gasteiger charge is -2.31. The van der Waals surface area contributed by atoms with Gasteiger partial charge in [0.25, 0.3) is 0 Å². The minimum atomic E-state index is -0.380. The number of hydrogen-bond donors (Lipinski definition) is 1. The number of primary amides is 1. The number of nitrogens with two attached hydrogens (primary N) is 1. The molecule has 0 bridgehead atoms. The van der Waals surface area contributed by atoms with E-state index >= 15 is 0 Å². The van der Waals surface area contributed by atoms with Gasteiger partial charge in [0.15, 0.2) is 0 Å². The third-order valence-corrected chi connectivity index (χ3v) is 6.16. The quantitative estimate of drug-likeness (QED) is 0.712. The minimum Gasteiger partial charge on any atom is -0.366 e. The Kier molecular flexibility index (Phi) is 3.94. The summed E-state index contributed by atoms with van der Waals surface area (Å²) in [6.07, 6.45) is 7.78. The molecule has 5 rings (SSSR count). The molecule has 1 amide bonds. The van der Waals surface area contributed by atoms with Gasteiger partial charge in [-0.2, -0.15) is 0 Å². The number of allylic oxidation sites excluding steroid dienone is 1. The van der Waals surface area contributed by atoms with Crippen LogP contribution in [0.5, 0.6) is 0 Å². The fourth-order valence-corrected chi connectivity index (χ4v) is 4.71. The monoisotopic (exact) mass is 364 g/mol. The molecule has 28 heavy (non-hydrogen) atoms. The molecule has 0 aliphatic heterocycles. The van der Waals surface area contributed by atoms with Crippen LogP contribution in [-0.2, 0) is 19.3 Å². The molecule has 2 aliphatic rings. The van der Waals surface area contributed by atoms with E-state index in [0.717, 1.165) is 19.3 Å². The van der Waals surface area contributed by atoms with Gasteiger partial charge in [-0.25, -0.2) is 0 Å². The number of carbonyl (C=O) groups is 1.